The van der Waals surface area contributed by atoms with Crippen LogP contribution in [0.15, 0.2) is 4.99 Å². The van der Waals surface area contributed by atoms with Gasteiger partial charge in [-0.1, -0.05) is 6.42 Å². The van der Waals surface area contributed by atoms with E-state index in [9.17, 15) is 4.79 Å². The molecule has 7 heteroatoms. The summed E-state index contributed by atoms with van der Waals surface area (Å²) in [6.45, 7) is 9.22. The number of nitrogens with one attached hydrogen (secondary N) is 1. The predicted octanol–water partition coefficient (Wildman–Crippen LogP) is 1.64. The monoisotopic (exact) mass is 451 g/mol. The molecule has 1 amide bonds. The van der Waals surface area contributed by atoms with E-state index in [1.54, 1.807) is 0 Å². The van der Waals surface area contributed by atoms with Crippen LogP contribution in [-0.4, -0.2) is 67.5 Å². The average molecular weight is 451 g/mol. The number of hydrogen-bond donors (Lipinski definition) is 2. The fourth-order valence-electron chi connectivity index (χ4n) is 3.61. The molecule has 0 saturated carbocycles. The molecule has 1 atom stereocenters. The summed E-state index contributed by atoms with van der Waals surface area (Å²) in [6, 6.07) is 0. The van der Waals surface area contributed by atoms with E-state index in [0.29, 0.717) is 12.3 Å². The van der Waals surface area contributed by atoms with Crippen LogP contribution < -0.4 is 11.1 Å². The number of aliphatic imine (C=N–C) groups is 1. The highest BCUT2D eigenvalue weighted by Crippen LogP contribution is 2.19. The van der Waals surface area contributed by atoms with Crippen molar-refractivity contribution < 1.29 is 4.79 Å². The largest absolute Gasteiger partial charge is 0.370 e. The van der Waals surface area contributed by atoms with Gasteiger partial charge in [-0.25, -0.2) is 0 Å². The Labute approximate surface area is 163 Å². The Kier molecular flexibility index (Phi) is 10.6. The van der Waals surface area contributed by atoms with Gasteiger partial charge < -0.3 is 20.9 Å². The van der Waals surface area contributed by atoms with Crippen LogP contribution in [0.25, 0.3) is 0 Å². The van der Waals surface area contributed by atoms with Crippen molar-refractivity contribution in [2.24, 2.45) is 16.6 Å². The Morgan fingerprint density at radius 3 is 2.62 bits per heavy atom. The Morgan fingerprint density at radius 2 is 1.96 bits per heavy atom. The van der Waals surface area contributed by atoms with Crippen molar-refractivity contribution in [1.29, 1.82) is 0 Å². The third kappa shape index (κ3) is 7.55. The molecule has 2 heterocycles. The number of hydrogen-bond acceptors (Lipinski definition) is 3. The van der Waals surface area contributed by atoms with Crippen LogP contribution in [0.2, 0.25) is 0 Å². The second-order valence-electron chi connectivity index (χ2n) is 6.76. The summed E-state index contributed by atoms with van der Waals surface area (Å²) in [5.41, 5.74) is 5.36. The Morgan fingerprint density at radius 1 is 1.21 bits per heavy atom. The minimum absolute atomic E-state index is 0. The van der Waals surface area contributed by atoms with Crippen molar-refractivity contribution in [3.63, 3.8) is 0 Å². The molecule has 2 fully saturated rings. The molecule has 3 N–H and O–H groups in total. The molecule has 0 aromatic carbocycles. The normalized spacial score (nSPS) is 22.8. The fraction of sp³-hybridized carbons (Fsp3) is 0.882. The van der Waals surface area contributed by atoms with Gasteiger partial charge in [0.25, 0.3) is 0 Å². The van der Waals surface area contributed by atoms with Crippen LogP contribution in [0.5, 0.6) is 0 Å². The van der Waals surface area contributed by atoms with E-state index in [1.807, 2.05) is 0 Å². The van der Waals surface area contributed by atoms with E-state index in [4.69, 9.17) is 10.7 Å². The number of halogens is 1. The number of likely N-dealkylation sites (tertiary alicyclic amines) is 2. The first-order valence-electron chi connectivity index (χ1n) is 9.23. The SMILES string of the molecule is CCNC(=NCCN1CCCCC1)N1CCCC(CC(N)=O)C1.I. The maximum absolute atomic E-state index is 11.2. The minimum atomic E-state index is -0.191. The van der Waals surface area contributed by atoms with Crippen molar-refractivity contribution in [2.45, 2.75) is 45.4 Å². The molecule has 1 unspecified atom stereocenters. The molecule has 2 aliphatic heterocycles. The summed E-state index contributed by atoms with van der Waals surface area (Å²) in [5.74, 6) is 1.18. The van der Waals surface area contributed by atoms with Crippen LogP contribution in [0.3, 0.4) is 0 Å². The number of guanidine groups is 1. The summed E-state index contributed by atoms with van der Waals surface area (Å²) >= 11 is 0. The van der Waals surface area contributed by atoms with Crippen LogP contribution >= 0.6 is 24.0 Å². The quantitative estimate of drug-likeness (QED) is 0.366. The van der Waals surface area contributed by atoms with E-state index < -0.39 is 0 Å². The lowest BCUT2D eigenvalue weighted by atomic mass is 9.95. The van der Waals surface area contributed by atoms with Gasteiger partial charge in [0.1, 0.15) is 0 Å². The van der Waals surface area contributed by atoms with E-state index in [2.05, 4.69) is 22.0 Å². The van der Waals surface area contributed by atoms with Crippen molar-refractivity contribution in [1.82, 2.24) is 15.1 Å². The van der Waals surface area contributed by atoms with Crippen molar-refractivity contribution in [3.05, 3.63) is 0 Å². The number of nitrogens with two attached hydrogens (primary N) is 1. The Balaban J connectivity index is 0.00000288. The van der Waals surface area contributed by atoms with Gasteiger partial charge in [-0.05, 0) is 51.6 Å². The zero-order chi connectivity index (χ0) is 16.5. The van der Waals surface area contributed by atoms with Crippen molar-refractivity contribution in [3.8, 4) is 0 Å². The lowest BCUT2D eigenvalue weighted by Gasteiger charge is -2.35. The maximum atomic E-state index is 11.2. The maximum Gasteiger partial charge on any atom is 0.217 e. The number of amides is 1. The number of primary amides is 1. The summed E-state index contributed by atoms with van der Waals surface area (Å²) in [4.78, 5) is 20.8. The molecule has 0 aromatic rings. The molecule has 2 rings (SSSR count). The fourth-order valence-corrected chi connectivity index (χ4v) is 3.61. The molecule has 0 aromatic heterocycles. The molecule has 0 aliphatic carbocycles. The molecule has 24 heavy (non-hydrogen) atoms. The standard InChI is InChI=1S/C17H33N5O.HI/c1-2-19-17(20-8-12-21-9-4-3-5-10-21)22-11-6-7-15(14-22)13-16(18)23;/h15H,2-14H2,1H3,(H2,18,23)(H,19,20);1H. The van der Waals surface area contributed by atoms with Crippen LogP contribution in [0.4, 0.5) is 0 Å². The smallest absolute Gasteiger partial charge is 0.217 e. The first-order chi connectivity index (χ1) is 11.2. The van der Waals surface area contributed by atoms with Gasteiger partial charge in [0.15, 0.2) is 5.96 Å². The second-order valence-corrected chi connectivity index (χ2v) is 6.76. The molecule has 0 radical (unpaired) electrons. The van der Waals surface area contributed by atoms with Gasteiger partial charge in [0, 0.05) is 32.6 Å². The van der Waals surface area contributed by atoms with Gasteiger partial charge in [-0.15, -0.1) is 24.0 Å². The van der Waals surface area contributed by atoms with Gasteiger partial charge in [0.05, 0.1) is 6.54 Å². The third-order valence-corrected chi connectivity index (χ3v) is 4.77. The molecule has 2 saturated heterocycles. The lowest BCUT2D eigenvalue weighted by molar-refractivity contribution is -0.119. The molecule has 6 nitrogen and oxygen atoms in total. The van der Waals surface area contributed by atoms with E-state index in [-0.39, 0.29) is 29.9 Å². The number of nitrogens with zero attached hydrogens (tertiary/aromatic N) is 3. The van der Waals surface area contributed by atoms with E-state index in [0.717, 1.165) is 51.5 Å². The molecule has 0 spiro atoms. The first kappa shape index (κ1) is 21.5. The minimum Gasteiger partial charge on any atom is -0.370 e. The number of carbonyl (C=O) groups is 1. The molecule has 2 aliphatic rings. The topological polar surface area (TPSA) is 74.0 Å². The van der Waals surface area contributed by atoms with Gasteiger partial charge in [-0.2, -0.15) is 0 Å². The van der Waals surface area contributed by atoms with Gasteiger partial charge >= 0.3 is 0 Å². The number of rotatable bonds is 6. The number of carbonyl (C=O) groups excluding carboxylic acids is 1. The van der Waals surface area contributed by atoms with Gasteiger partial charge in [0.2, 0.25) is 5.91 Å². The summed E-state index contributed by atoms with van der Waals surface area (Å²) < 4.78 is 0. The predicted molar refractivity (Wildman–Crippen MR) is 110 cm³/mol. The van der Waals surface area contributed by atoms with Gasteiger partial charge in [-0.3, -0.25) is 9.79 Å². The average Bonchev–Trinajstić information content (AvgIpc) is 2.55. The van der Waals surface area contributed by atoms with E-state index >= 15 is 0 Å². The summed E-state index contributed by atoms with van der Waals surface area (Å²) in [6.07, 6.45) is 6.71. The molecular formula is C17H34IN5O. The number of piperidine rings is 2. The van der Waals surface area contributed by atoms with Crippen LogP contribution in [0.1, 0.15) is 45.4 Å². The summed E-state index contributed by atoms with van der Waals surface area (Å²) in [5, 5.41) is 3.41. The van der Waals surface area contributed by atoms with Crippen molar-refractivity contribution >= 4 is 35.8 Å². The molecule has 140 valence electrons. The highest BCUT2D eigenvalue weighted by molar-refractivity contribution is 14.0. The van der Waals surface area contributed by atoms with Crippen LogP contribution in [-0.2, 0) is 4.79 Å². The zero-order valence-electron chi connectivity index (χ0n) is 15.0. The molecule has 0 bridgehead atoms. The second kappa shape index (κ2) is 11.9. The lowest BCUT2D eigenvalue weighted by Crippen LogP contribution is -2.47. The zero-order valence-corrected chi connectivity index (χ0v) is 17.3. The Bertz CT molecular complexity index is 398. The highest BCUT2D eigenvalue weighted by atomic mass is 127. The third-order valence-electron chi connectivity index (χ3n) is 4.77. The Hall–Kier alpha value is -0.570. The first-order valence-corrected chi connectivity index (χ1v) is 9.23. The summed E-state index contributed by atoms with van der Waals surface area (Å²) in [7, 11) is 0. The highest BCUT2D eigenvalue weighted by Gasteiger charge is 2.23. The van der Waals surface area contributed by atoms with Crippen LogP contribution in [0, 0.1) is 5.92 Å². The van der Waals surface area contributed by atoms with E-state index in [1.165, 1.54) is 32.4 Å². The van der Waals surface area contributed by atoms with Crippen molar-refractivity contribution in [2.75, 3.05) is 45.8 Å². The molecular weight excluding hydrogens is 417 g/mol.